The molecular formula is C17H24FNO. The van der Waals surface area contributed by atoms with Gasteiger partial charge in [0.1, 0.15) is 11.6 Å². The maximum absolute atomic E-state index is 14.0. The van der Waals surface area contributed by atoms with Gasteiger partial charge in [-0.15, -0.1) is 0 Å². The quantitative estimate of drug-likeness (QED) is 0.815. The number of rotatable bonds is 7. The third-order valence-electron chi connectivity index (χ3n) is 4.79. The Morgan fingerprint density at radius 2 is 1.90 bits per heavy atom. The average molecular weight is 277 g/mol. The van der Waals surface area contributed by atoms with Gasteiger partial charge in [0, 0.05) is 17.7 Å². The van der Waals surface area contributed by atoms with Crippen molar-refractivity contribution in [2.24, 2.45) is 17.8 Å². The Kier molecular flexibility index (Phi) is 3.97. The molecule has 3 rings (SSSR count). The minimum atomic E-state index is -0.182. The van der Waals surface area contributed by atoms with E-state index in [9.17, 15) is 4.39 Å². The van der Waals surface area contributed by atoms with E-state index in [2.05, 4.69) is 5.32 Å². The van der Waals surface area contributed by atoms with Crippen molar-refractivity contribution in [2.75, 3.05) is 13.7 Å². The molecular weight excluding hydrogens is 253 g/mol. The fraction of sp³-hybridized carbons (Fsp3) is 0.647. The lowest BCUT2D eigenvalue weighted by atomic mass is 9.97. The summed E-state index contributed by atoms with van der Waals surface area (Å²) in [5.74, 6) is 3.08. The molecule has 2 nitrogen and oxygen atoms in total. The SMILES string of the molecule is COc1ccc(C(C)NCC(C2CC2)C2CC2)c(F)c1. The second-order valence-electron chi connectivity index (χ2n) is 6.36. The summed E-state index contributed by atoms with van der Waals surface area (Å²) in [5.41, 5.74) is 0.733. The van der Waals surface area contributed by atoms with Crippen LogP contribution in [0.1, 0.15) is 44.2 Å². The van der Waals surface area contributed by atoms with Gasteiger partial charge in [-0.1, -0.05) is 6.07 Å². The van der Waals surface area contributed by atoms with Crippen molar-refractivity contribution in [3.63, 3.8) is 0 Å². The van der Waals surface area contributed by atoms with Crippen molar-refractivity contribution in [1.29, 1.82) is 0 Å². The first kappa shape index (κ1) is 13.9. The molecule has 1 atom stereocenters. The van der Waals surface area contributed by atoms with E-state index in [1.165, 1.54) is 31.7 Å². The Labute approximate surface area is 120 Å². The lowest BCUT2D eigenvalue weighted by Crippen LogP contribution is -2.28. The molecule has 0 amide bonds. The van der Waals surface area contributed by atoms with E-state index >= 15 is 0 Å². The van der Waals surface area contributed by atoms with Crippen LogP contribution in [-0.2, 0) is 0 Å². The first-order valence-electron chi connectivity index (χ1n) is 7.76. The summed E-state index contributed by atoms with van der Waals surface area (Å²) in [6.07, 6.45) is 5.59. The Morgan fingerprint density at radius 1 is 1.25 bits per heavy atom. The van der Waals surface area contributed by atoms with E-state index < -0.39 is 0 Å². The summed E-state index contributed by atoms with van der Waals surface area (Å²) in [5, 5.41) is 3.54. The highest BCUT2D eigenvalue weighted by Crippen LogP contribution is 2.49. The zero-order chi connectivity index (χ0) is 14.1. The van der Waals surface area contributed by atoms with Gasteiger partial charge in [0.25, 0.3) is 0 Å². The molecule has 110 valence electrons. The van der Waals surface area contributed by atoms with E-state index in [1.54, 1.807) is 7.11 Å². The summed E-state index contributed by atoms with van der Waals surface area (Å²) in [4.78, 5) is 0. The number of ether oxygens (including phenoxy) is 1. The van der Waals surface area contributed by atoms with Crippen LogP contribution in [0.3, 0.4) is 0 Å². The van der Waals surface area contributed by atoms with Crippen LogP contribution in [0, 0.1) is 23.6 Å². The number of nitrogens with one attached hydrogen (secondary N) is 1. The number of benzene rings is 1. The van der Waals surface area contributed by atoms with Crippen LogP contribution in [0.2, 0.25) is 0 Å². The van der Waals surface area contributed by atoms with E-state index in [0.717, 1.165) is 29.9 Å². The van der Waals surface area contributed by atoms with Crippen LogP contribution in [0.5, 0.6) is 5.75 Å². The molecule has 2 aliphatic carbocycles. The van der Waals surface area contributed by atoms with Crippen molar-refractivity contribution in [1.82, 2.24) is 5.32 Å². The van der Waals surface area contributed by atoms with E-state index in [1.807, 2.05) is 19.1 Å². The molecule has 0 heterocycles. The van der Waals surface area contributed by atoms with Gasteiger partial charge in [-0.25, -0.2) is 4.39 Å². The molecule has 2 aliphatic rings. The maximum Gasteiger partial charge on any atom is 0.131 e. The van der Waals surface area contributed by atoms with E-state index in [-0.39, 0.29) is 11.9 Å². The van der Waals surface area contributed by atoms with Crippen LogP contribution in [0.15, 0.2) is 18.2 Å². The van der Waals surface area contributed by atoms with Crippen LogP contribution in [0.4, 0.5) is 4.39 Å². The molecule has 2 fully saturated rings. The van der Waals surface area contributed by atoms with Gasteiger partial charge in [0.2, 0.25) is 0 Å². The van der Waals surface area contributed by atoms with Crippen molar-refractivity contribution in [3.8, 4) is 5.75 Å². The fourth-order valence-corrected chi connectivity index (χ4v) is 3.18. The van der Waals surface area contributed by atoms with Gasteiger partial charge in [0.15, 0.2) is 0 Å². The molecule has 2 saturated carbocycles. The maximum atomic E-state index is 14.0. The zero-order valence-corrected chi connectivity index (χ0v) is 12.4. The molecule has 0 bridgehead atoms. The lowest BCUT2D eigenvalue weighted by molar-refractivity contribution is 0.359. The molecule has 1 aromatic carbocycles. The minimum absolute atomic E-state index is 0.0564. The second-order valence-corrected chi connectivity index (χ2v) is 6.36. The molecule has 3 heteroatoms. The van der Waals surface area contributed by atoms with Crippen LogP contribution in [0.25, 0.3) is 0 Å². The molecule has 0 aromatic heterocycles. The molecule has 1 N–H and O–H groups in total. The molecule has 1 aromatic rings. The van der Waals surface area contributed by atoms with Crippen LogP contribution < -0.4 is 10.1 Å². The van der Waals surface area contributed by atoms with Gasteiger partial charge < -0.3 is 10.1 Å². The van der Waals surface area contributed by atoms with Gasteiger partial charge in [-0.05, 0) is 63.0 Å². The Hall–Kier alpha value is -1.09. The summed E-state index contributed by atoms with van der Waals surface area (Å²) < 4.78 is 19.1. The van der Waals surface area contributed by atoms with Crippen molar-refractivity contribution in [2.45, 2.75) is 38.6 Å². The molecule has 0 radical (unpaired) electrons. The minimum Gasteiger partial charge on any atom is -0.497 e. The largest absolute Gasteiger partial charge is 0.497 e. The summed E-state index contributed by atoms with van der Waals surface area (Å²) in [6.45, 7) is 3.07. The molecule has 1 unspecified atom stereocenters. The van der Waals surface area contributed by atoms with Crippen molar-refractivity contribution >= 4 is 0 Å². The normalized spacial score (nSPS) is 20.2. The number of halogens is 1. The Bertz CT molecular complexity index is 456. The molecule has 0 spiro atoms. The van der Waals surface area contributed by atoms with Gasteiger partial charge >= 0.3 is 0 Å². The van der Waals surface area contributed by atoms with Gasteiger partial charge in [0.05, 0.1) is 7.11 Å². The standard InChI is InChI=1S/C17H24FNO/c1-11(15-8-7-14(20-2)9-17(15)18)19-10-16(12-3-4-12)13-5-6-13/h7-9,11-13,16,19H,3-6,10H2,1-2H3. The molecule has 0 saturated heterocycles. The predicted molar refractivity (Wildman–Crippen MR) is 78.3 cm³/mol. The third kappa shape index (κ3) is 3.14. The van der Waals surface area contributed by atoms with Crippen LogP contribution >= 0.6 is 0 Å². The monoisotopic (exact) mass is 277 g/mol. The smallest absolute Gasteiger partial charge is 0.131 e. The Balaban J connectivity index is 1.59. The Morgan fingerprint density at radius 3 is 2.40 bits per heavy atom. The van der Waals surface area contributed by atoms with Crippen LogP contribution in [-0.4, -0.2) is 13.7 Å². The van der Waals surface area contributed by atoms with Crippen molar-refractivity contribution in [3.05, 3.63) is 29.6 Å². The first-order chi connectivity index (χ1) is 9.69. The summed E-state index contributed by atoms with van der Waals surface area (Å²) >= 11 is 0. The number of hydrogen-bond acceptors (Lipinski definition) is 2. The highest BCUT2D eigenvalue weighted by atomic mass is 19.1. The average Bonchev–Trinajstić information content (AvgIpc) is 3.31. The highest BCUT2D eigenvalue weighted by molar-refractivity contribution is 5.30. The number of hydrogen-bond donors (Lipinski definition) is 1. The van der Waals surface area contributed by atoms with E-state index in [4.69, 9.17) is 4.74 Å². The van der Waals surface area contributed by atoms with Gasteiger partial charge in [-0.2, -0.15) is 0 Å². The first-order valence-corrected chi connectivity index (χ1v) is 7.76. The zero-order valence-electron chi connectivity index (χ0n) is 12.4. The highest BCUT2D eigenvalue weighted by Gasteiger charge is 2.41. The van der Waals surface area contributed by atoms with E-state index in [0.29, 0.717) is 5.75 Å². The van der Waals surface area contributed by atoms with Crippen molar-refractivity contribution < 1.29 is 9.13 Å². The third-order valence-corrected chi connectivity index (χ3v) is 4.79. The summed E-state index contributed by atoms with van der Waals surface area (Å²) in [7, 11) is 1.56. The molecule has 20 heavy (non-hydrogen) atoms. The number of methoxy groups -OCH3 is 1. The predicted octanol–water partition coefficient (Wildman–Crippen LogP) is 3.92. The van der Waals surface area contributed by atoms with Gasteiger partial charge in [-0.3, -0.25) is 0 Å². The summed E-state index contributed by atoms with van der Waals surface area (Å²) in [6, 6.07) is 5.18. The second kappa shape index (κ2) is 5.72. The fourth-order valence-electron chi connectivity index (χ4n) is 3.18. The lowest BCUT2D eigenvalue weighted by Gasteiger charge is -2.21. The topological polar surface area (TPSA) is 21.3 Å². The molecule has 0 aliphatic heterocycles.